The van der Waals surface area contributed by atoms with E-state index in [-0.39, 0.29) is 11.9 Å². The van der Waals surface area contributed by atoms with Crippen molar-refractivity contribution in [2.45, 2.75) is 6.42 Å². The van der Waals surface area contributed by atoms with Gasteiger partial charge in [0.25, 0.3) is 0 Å². The number of carbonyl (C=O) groups is 1. The molecule has 4 rings (SSSR count). The second-order valence-electron chi connectivity index (χ2n) is 5.31. The number of benzene rings is 2. The first kappa shape index (κ1) is 11.5. The van der Waals surface area contributed by atoms with Crippen molar-refractivity contribution in [2.24, 2.45) is 5.92 Å². The molecular weight excluding hydrogens is 248 g/mol. The molecule has 0 bridgehead atoms. The molecule has 0 radical (unpaired) electrons. The van der Waals surface area contributed by atoms with Crippen LogP contribution in [-0.4, -0.2) is 12.6 Å². The van der Waals surface area contributed by atoms with Crippen LogP contribution in [0.2, 0.25) is 0 Å². The summed E-state index contributed by atoms with van der Waals surface area (Å²) in [4.78, 5) is 12.1. The number of cyclic esters (lactones) is 1. The minimum absolute atomic E-state index is 0.150. The van der Waals surface area contributed by atoms with Crippen LogP contribution in [0.25, 0.3) is 5.57 Å². The molecule has 1 aliphatic carbocycles. The lowest BCUT2D eigenvalue weighted by Gasteiger charge is -2.23. The summed E-state index contributed by atoms with van der Waals surface area (Å²) < 4.78 is 5.29. The molecule has 98 valence electrons. The molecule has 2 aromatic rings. The van der Waals surface area contributed by atoms with E-state index in [2.05, 4.69) is 30.3 Å². The van der Waals surface area contributed by atoms with Crippen LogP contribution in [0.3, 0.4) is 0 Å². The molecular formula is C18H14O2. The Balaban J connectivity index is 2.02. The summed E-state index contributed by atoms with van der Waals surface area (Å²) in [6.45, 7) is 0.513. The molecule has 1 saturated heterocycles. The first-order chi connectivity index (χ1) is 9.84. The Kier molecular flexibility index (Phi) is 2.49. The highest BCUT2D eigenvalue weighted by molar-refractivity contribution is 6.05. The van der Waals surface area contributed by atoms with E-state index < -0.39 is 0 Å². The summed E-state index contributed by atoms with van der Waals surface area (Å²) in [5, 5.41) is 0. The molecule has 1 aliphatic heterocycles. The quantitative estimate of drug-likeness (QED) is 0.738. The molecule has 0 amide bonds. The molecule has 0 spiro atoms. The van der Waals surface area contributed by atoms with Crippen LogP contribution < -0.4 is 0 Å². The standard InChI is InChI=1S/C18H14O2/c19-18-17-14(11-20-18)10-13-8-4-5-9-15(13)16(17)12-6-2-1-3-7-12/h1-9,14H,10-11H2. The SMILES string of the molecule is O=C1OCC2Cc3ccccc3C(c3ccccc3)=C12. The fourth-order valence-corrected chi connectivity index (χ4v) is 3.24. The Morgan fingerprint density at radius 1 is 0.950 bits per heavy atom. The molecule has 2 heteroatoms. The number of rotatable bonds is 1. The van der Waals surface area contributed by atoms with Gasteiger partial charge in [-0.2, -0.15) is 0 Å². The van der Waals surface area contributed by atoms with Gasteiger partial charge in [0, 0.05) is 11.5 Å². The molecule has 1 fully saturated rings. The minimum Gasteiger partial charge on any atom is -0.462 e. The fraction of sp³-hybridized carbons (Fsp3) is 0.167. The lowest BCUT2D eigenvalue weighted by atomic mass is 9.77. The van der Waals surface area contributed by atoms with E-state index in [1.54, 1.807) is 0 Å². The van der Waals surface area contributed by atoms with E-state index in [4.69, 9.17) is 4.74 Å². The van der Waals surface area contributed by atoms with Crippen LogP contribution in [-0.2, 0) is 16.0 Å². The van der Waals surface area contributed by atoms with Gasteiger partial charge in [-0.25, -0.2) is 4.79 Å². The maximum absolute atomic E-state index is 12.1. The van der Waals surface area contributed by atoms with Crippen molar-refractivity contribution in [1.82, 2.24) is 0 Å². The van der Waals surface area contributed by atoms with E-state index in [9.17, 15) is 4.79 Å². The number of carbonyl (C=O) groups excluding carboxylic acids is 1. The van der Waals surface area contributed by atoms with Crippen LogP contribution in [0.15, 0.2) is 60.2 Å². The van der Waals surface area contributed by atoms with E-state index in [0.717, 1.165) is 23.1 Å². The summed E-state index contributed by atoms with van der Waals surface area (Å²) >= 11 is 0. The van der Waals surface area contributed by atoms with E-state index in [1.165, 1.54) is 11.1 Å². The highest BCUT2D eigenvalue weighted by Gasteiger charge is 2.38. The zero-order valence-electron chi connectivity index (χ0n) is 11.0. The number of hydrogen-bond donors (Lipinski definition) is 0. The Morgan fingerprint density at radius 2 is 1.70 bits per heavy atom. The topological polar surface area (TPSA) is 26.3 Å². The third kappa shape index (κ3) is 1.61. The van der Waals surface area contributed by atoms with Gasteiger partial charge in [-0.05, 0) is 23.1 Å². The summed E-state index contributed by atoms with van der Waals surface area (Å²) in [5.74, 6) is 0.0518. The number of esters is 1. The van der Waals surface area contributed by atoms with Crippen molar-refractivity contribution in [2.75, 3.05) is 6.61 Å². The molecule has 2 aliphatic rings. The van der Waals surface area contributed by atoms with Crippen LogP contribution in [0.5, 0.6) is 0 Å². The van der Waals surface area contributed by atoms with E-state index in [0.29, 0.717) is 6.61 Å². The largest absolute Gasteiger partial charge is 0.462 e. The van der Waals surface area contributed by atoms with Gasteiger partial charge in [0.2, 0.25) is 0 Å². The molecule has 0 N–H and O–H groups in total. The van der Waals surface area contributed by atoms with Gasteiger partial charge in [-0.3, -0.25) is 0 Å². The van der Waals surface area contributed by atoms with Crippen molar-refractivity contribution >= 4 is 11.5 Å². The van der Waals surface area contributed by atoms with Crippen LogP contribution >= 0.6 is 0 Å². The normalized spacial score (nSPS) is 20.4. The molecule has 1 heterocycles. The van der Waals surface area contributed by atoms with Gasteiger partial charge >= 0.3 is 5.97 Å². The van der Waals surface area contributed by atoms with Crippen molar-refractivity contribution < 1.29 is 9.53 Å². The highest BCUT2D eigenvalue weighted by atomic mass is 16.5. The first-order valence-electron chi connectivity index (χ1n) is 6.89. The Labute approximate surface area is 117 Å². The molecule has 20 heavy (non-hydrogen) atoms. The summed E-state index contributed by atoms with van der Waals surface area (Å²) in [7, 11) is 0. The maximum Gasteiger partial charge on any atom is 0.335 e. The van der Waals surface area contributed by atoms with Crippen molar-refractivity contribution in [3.8, 4) is 0 Å². The molecule has 1 unspecified atom stereocenters. The number of ether oxygens (including phenoxy) is 1. The second kappa shape index (κ2) is 4.34. The number of fused-ring (bicyclic) bond motifs is 2. The zero-order chi connectivity index (χ0) is 13.5. The third-order valence-corrected chi connectivity index (χ3v) is 4.13. The lowest BCUT2D eigenvalue weighted by molar-refractivity contribution is -0.135. The van der Waals surface area contributed by atoms with Gasteiger partial charge in [-0.15, -0.1) is 0 Å². The van der Waals surface area contributed by atoms with Gasteiger partial charge in [0.15, 0.2) is 0 Å². The predicted molar refractivity (Wildman–Crippen MR) is 77.1 cm³/mol. The maximum atomic E-state index is 12.1. The molecule has 1 atom stereocenters. The predicted octanol–water partition coefficient (Wildman–Crippen LogP) is 3.22. The average molecular weight is 262 g/mol. The summed E-state index contributed by atoms with van der Waals surface area (Å²) in [6, 6.07) is 18.5. The van der Waals surface area contributed by atoms with E-state index >= 15 is 0 Å². The molecule has 0 aromatic heterocycles. The fourth-order valence-electron chi connectivity index (χ4n) is 3.24. The number of hydrogen-bond acceptors (Lipinski definition) is 2. The van der Waals surface area contributed by atoms with Crippen molar-refractivity contribution in [3.63, 3.8) is 0 Å². The zero-order valence-corrected chi connectivity index (χ0v) is 11.0. The summed E-state index contributed by atoms with van der Waals surface area (Å²) in [5.41, 5.74) is 5.48. The molecule has 2 aromatic carbocycles. The first-order valence-corrected chi connectivity index (χ1v) is 6.89. The molecule has 0 saturated carbocycles. The van der Waals surface area contributed by atoms with Gasteiger partial charge < -0.3 is 4.74 Å². The Morgan fingerprint density at radius 3 is 2.55 bits per heavy atom. The van der Waals surface area contributed by atoms with Crippen LogP contribution in [0.4, 0.5) is 0 Å². The smallest absolute Gasteiger partial charge is 0.335 e. The Bertz CT molecular complexity index is 713. The van der Waals surface area contributed by atoms with E-state index in [1.807, 2.05) is 24.3 Å². The monoisotopic (exact) mass is 262 g/mol. The van der Waals surface area contributed by atoms with Gasteiger partial charge in [-0.1, -0.05) is 54.6 Å². The Hall–Kier alpha value is -2.35. The van der Waals surface area contributed by atoms with Crippen molar-refractivity contribution in [1.29, 1.82) is 0 Å². The minimum atomic E-state index is -0.150. The lowest BCUT2D eigenvalue weighted by Crippen LogP contribution is -2.17. The highest BCUT2D eigenvalue weighted by Crippen LogP contribution is 2.41. The van der Waals surface area contributed by atoms with Gasteiger partial charge in [0.1, 0.15) is 0 Å². The van der Waals surface area contributed by atoms with Gasteiger partial charge in [0.05, 0.1) is 12.2 Å². The summed E-state index contributed by atoms with van der Waals surface area (Å²) in [6.07, 6.45) is 0.896. The second-order valence-corrected chi connectivity index (χ2v) is 5.31. The van der Waals surface area contributed by atoms with Crippen LogP contribution in [0, 0.1) is 5.92 Å². The molecule has 2 nitrogen and oxygen atoms in total. The van der Waals surface area contributed by atoms with Crippen molar-refractivity contribution in [3.05, 3.63) is 76.9 Å². The third-order valence-electron chi connectivity index (χ3n) is 4.13. The van der Waals surface area contributed by atoms with Crippen LogP contribution in [0.1, 0.15) is 16.7 Å². The average Bonchev–Trinajstić information content (AvgIpc) is 2.87.